The fourth-order valence-corrected chi connectivity index (χ4v) is 1.32. The van der Waals surface area contributed by atoms with E-state index in [4.69, 9.17) is 15.3 Å². The van der Waals surface area contributed by atoms with Crippen LogP contribution in [0.3, 0.4) is 0 Å². The summed E-state index contributed by atoms with van der Waals surface area (Å²) in [5.74, 6) is -4.54. The summed E-state index contributed by atoms with van der Waals surface area (Å²) in [6, 6.07) is 0. The zero-order valence-electron chi connectivity index (χ0n) is 20.4. The molecule has 2 atom stereocenters. The van der Waals surface area contributed by atoms with Crippen molar-refractivity contribution in [2.45, 2.75) is 97.8 Å². The molecule has 0 aromatic rings. The number of hydrogen-bond donors (Lipinski definition) is 4. The maximum Gasteiger partial charge on any atom is 0.333 e. The van der Waals surface area contributed by atoms with Gasteiger partial charge in [-0.1, -0.05) is 27.7 Å². The minimum Gasteiger partial charge on any atom is -0.479 e. The zero-order chi connectivity index (χ0) is 26.3. The lowest BCUT2D eigenvalue weighted by Crippen LogP contribution is -2.46. The summed E-state index contributed by atoms with van der Waals surface area (Å²) in [5, 5.41) is 50.3. The van der Waals surface area contributed by atoms with Crippen LogP contribution in [0.1, 0.15) is 75.7 Å². The van der Waals surface area contributed by atoms with Gasteiger partial charge in [-0.2, -0.15) is 20.5 Å². The zero-order valence-corrected chi connectivity index (χ0v) is 20.4. The summed E-state index contributed by atoms with van der Waals surface area (Å²) in [6.07, 6.45) is 0.242. The lowest BCUT2D eigenvalue weighted by Gasteiger charge is -2.34. The van der Waals surface area contributed by atoms with Gasteiger partial charge in [0, 0.05) is 0 Å². The molecular formula is C20H36N4O8. The van der Waals surface area contributed by atoms with E-state index in [9.17, 15) is 24.3 Å². The van der Waals surface area contributed by atoms with Gasteiger partial charge in [-0.05, 0) is 53.4 Å². The van der Waals surface area contributed by atoms with E-state index >= 15 is 0 Å². The van der Waals surface area contributed by atoms with Crippen LogP contribution >= 0.6 is 0 Å². The molecule has 0 aromatic carbocycles. The molecule has 0 saturated carbocycles. The molecule has 0 saturated heterocycles. The van der Waals surface area contributed by atoms with Gasteiger partial charge in [0.15, 0.2) is 22.2 Å². The molecule has 0 aliphatic heterocycles. The third kappa shape index (κ3) is 8.31. The molecule has 32 heavy (non-hydrogen) atoms. The lowest BCUT2D eigenvalue weighted by atomic mass is 9.75. The molecule has 0 spiro atoms. The predicted molar refractivity (Wildman–Crippen MR) is 115 cm³/mol. The standard InChI is InChI=1S/C12H22N2O4.C8H14N2O4/c1-7-11(5,8(15)16)13-14-12(6,9(17)18)10(2,3)4;1-7(2,5(11)12)9-10-8(3,4)6(13)14/h7H2,1-6H3,(H,15,16)(H,17,18);1-4H3,(H,11,12)(H,13,14). The van der Waals surface area contributed by atoms with Crippen LogP contribution in [-0.2, 0) is 19.2 Å². The van der Waals surface area contributed by atoms with E-state index in [1.165, 1.54) is 41.5 Å². The van der Waals surface area contributed by atoms with Crippen molar-refractivity contribution in [1.82, 2.24) is 0 Å². The van der Waals surface area contributed by atoms with Crippen LogP contribution in [0, 0.1) is 5.41 Å². The average molecular weight is 461 g/mol. The van der Waals surface area contributed by atoms with Crippen molar-refractivity contribution in [3.63, 3.8) is 0 Å². The highest BCUT2D eigenvalue weighted by Crippen LogP contribution is 2.35. The van der Waals surface area contributed by atoms with E-state index in [2.05, 4.69) is 20.5 Å². The smallest absolute Gasteiger partial charge is 0.333 e. The van der Waals surface area contributed by atoms with E-state index in [0.717, 1.165) is 0 Å². The molecule has 0 bridgehead atoms. The number of rotatable bonds is 9. The van der Waals surface area contributed by atoms with Gasteiger partial charge < -0.3 is 20.4 Å². The number of carbonyl (C=O) groups is 4. The molecule has 12 heteroatoms. The van der Waals surface area contributed by atoms with E-state index < -0.39 is 51.4 Å². The maximum absolute atomic E-state index is 11.3. The highest BCUT2D eigenvalue weighted by atomic mass is 16.4. The van der Waals surface area contributed by atoms with Crippen LogP contribution in [0.15, 0.2) is 20.5 Å². The van der Waals surface area contributed by atoms with E-state index in [1.54, 1.807) is 27.7 Å². The first kappa shape index (κ1) is 31.3. The number of carboxylic acid groups (broad SMARTS) is 4. The number of nitrogens with zero attached hydrogens (tertiary/aromatic N) is 4. The molecule has 0 fully saturated rings. The number of carboxylic acids is 4. The van der Waals surface area contributed by atoms with Gasteiger partial charge in [0.25, 0.3) is 0 Å². The van der Waals surface area contributed by atoms with Crippen LogP contribution in [0.4, 0.5) is 0 Å². The Balaban J connectivity index is 0. The fraction of sp³-hybridized carbons (Fsp3) is 0.800. The molecule has 184 valence electrons. The van der Waals surface area contributed by atoms with Crippen molar-refractivity contribution in [1.29, 1.82) is 0 Å². The molecular weight excluding hydrogens is 424 g/mol. The summed E-state index contributed by atoms with van der Waals surface area (Å²) in [4.78, 5) is 43.6. The van der Waals surface area contributed by atoms with E-state index in [-0.39, 0.29) is 6.42 Å². The summed E-state index contributed by atoms with van der Waals surface area (Å²) in [6.45, 7) is 15.1. The first-order valence-corrected chi connectivity index (χ1v) is 9.82. The molecule has 0 radical (unpaired) electrons. The Morgan fingerprint density at radius 3 is 1.09 bits per heavy atom. The van der Waals surface area contributed by atoms with E-state index in [0.29, 0.717) is 0 Å². The van der Waals surface area contributed by atoms with Crippen molar-refractivity contribution >= 4 is 23.9 Å². The van der Waals surface area contributed by atoms with Gasteiger partial charge in [0.05, 0.1) is 0 Å². The largest absolute Gasteiger partial charge is 0.479 e. The van der Waals surface area contributed by atoms with E-state index in [1.807, 2.05) is 0 Å². The van der Waals surface area contributed by atoms with Gasteiger partial charge in [0.2, 0.25) is 0 Å². The predicted octanol–water partition coefficient (Wildman–Crippen LogP) is 3.75. The quantitative estimate of drug-likeness (QED) is 0.373. The number of azo groups is 2. The first-order chi connectivity index (χ1) is 14.0. The SMILES string of the molecule is CC(C)(N=NC(C)(C)C(=O)O)C(=O)O.CCC(C)(N=NC(C)(C(=O)O)C(C)(C)C)C(=O)O. The minimum absolute atomic E-state index is 0.242. The number of aliphatic carboxylic acids is 4. The van der Waals surface area contributed by atoms with Crippen LogP contribution in [-0.4, -0.2) is 66.5 Å². The summed E-state index contributed by atoms with van der Waals surface area (Å²) < 4.78 is 0. The van der Waals surface area contributed by atoms with Gasteiger partial charge in [0.1, 0.15) is 0 Å². The lowest BCUT2D eigenvalue weighted by molar-refractivity contribution is -0.148. The van der Waals surface area contributed by atoms with Gasteiger partial charge in [-0.25, -0.2) is 19.2 Å². The Morgan fingerprint density at radius 2 is 0.906 bits per heavy atom. The second-order valence-electron chi connectivity index (χ2n) is 9.69. The maximum atomic E-state index is 11.3. The van der Waals surface area contributed by atoms with Crippen LogP contribution in [0.2, 0.25) is 0 Å². The molecule has 0 heterocycles. The molecule has 0 aromatic heterocycles. The normalized spacial score (nSPS) is 16.6. The average Bonchev–Trinajstić information content (AvgIpc) is 2.63. The highest BCUT2D eigenvalue weighted by molar-refractivity contribution is 5.80. The summed E-state index contributed by atoms with van der Waals surface area (Å²) in [7, 11) is 0. The molecule has 0 amide bonds. The monoisotopic (exact) mass is 460 g/mol. The number of hydrogen-bond acceptors (Lipinski definition) is 8. The summed E-state index contributed by atoms with van der Waals surface area (Å²) >= 11 is 0. The van der Waals surface area contributed by atoms with Gasteiger partial charge in [-0.3, -0.25) is 0 Å². The minimum atomic E-state index is -1.46. The Kier molecular flexibility index (Phi) is 10.4. The molecule has 0 aliphatic carbocycles. The molecule has 2 unspecified atom stereocenters. The highest BCUT2D eigenvalue weighted by Gasteiger charge is 2.46. The van der Waals surface area contributed by atoms with Crippen LogP contribution in [0.25, 0.3) is 0 Å². The Hall–Kier alpha value is -2.92. The Labute approximate surface area is 187 Å². The third-order valence-electron chi connectivity index (χ3n) is 5.09. The van der Waals surface area contributed by atoms with Crippen molar-refractivity contribution < 1.29 is 39.6 Å². The van der Waals surface area contributed by atoms with Crippen molar-refractivity contribution in [2.75, 3.05) is 0 Å². The van der Waals surface area contributed by atoms with Crippen LogP contribution < -0.4 is 0 Å². The molecule has 4 N–H and O–H groups in total. The Bertz CT molecular complexity index is 755. The third-order valence-corrected chi connectivity index (χ3v) is 5.09. The molecule has 0 rings (SSSR count). The van der Waals surface area contributed by atoms with Crippen molar-refractivity contribution in [2.24, 2.45) is 25.9 Å². The van der Waals surface area contributed by atoms with Crippen molar-refractivity contribution in [3.8, 4) is 0 Å². The fourth-order valence-electron chi connectivity index (χ4n) is 1.32. The second-order valence-corrected chi connectivity index (χ2v) is 9.69. The Morgan fingerprint density at radius 1 is 0.562 bits per heavy atom. The first-order valence-electron chi connectivity index (χ1n) is 9.82. The van der Waals surface area contributed by atoms with Crippen molar-refractivity contribution in [3.05, 3.63) is 0 Å². The summed E-state index contributed by atoms with van der Waals surface area (Å²) in [5.41, 5.74) is -6.31. The van der Waals surface area contributed by atoms with Gasteiger partial charge >= 0.3 is 23.9 Å². The molecule has 12 nitrogen and oxygen atoms in total. The molecule has 0 aliphatic rings. The second kappa shape index (κ2) is 10.6. The van der Waals surface area contributed by atoms with Crippen LogP contribution in [0.5, 0.6) is 0 Å². The van der Waals surface area contributed by atoms with Gasteiger partial charge in [-0.15, -0.1) is 0 Å². The topological polar surface area (TPSA) is 199 Å².